The fraction of sp³-hybridized carbons (Fsp3) is 0.571. The number of nitrogens with zero attached hydrogens (tertiary/aromatic N) is 2. The SMILES string of the molecule is CN(CC(=O)N1CC(O)(C2CC2)C1)C(=O)c1ccco1. The summed E-state index contributed by atoms with van der Waals surface area (Å²) in [5, 5.41) is 10.2. The largest absolute Gasteiger partial charge is 0.459 e. The maximum Gasteiger partial charge on any atom is 0.289 e. The average molecular weight is 278 g/mol. The molecule has 0 spiro atoms. The minimum atomic E-state index is -0.681. The molecule has 6 nitrogen and oxygen atoms in total. The van der Waals surface area contributed by atoms with Crippen LogP contribution in [0.3, 0.4) is 0 Å². The molecule has 6 heteroatoms. The van der Waals surface area contributed by atoms with Gasteiger partial charge in [-0.25, -0.2) is 0 Å². The second-order valence-corrected chi connectivity index (χ2v) is 5.77. The zero-order chi connectivity index (χ0) is 14.3. The highest BCUT2D eigenvalue weighted by Gasteiger charge is 2.53. The minimum Gasteiger partial charge on any atom is -0.459 e. The summed E-state index contributed by atoms with van der Waals surface area (Å²) in [6, 6.07) is 3.20. The highest BCUT2D eigenvalue weighted by atomic mass is 16.3. The van der Waals surface area contributed by atoms with E-state index in [1.165, 1.54) is 11.2 Å². The predicted octanol–water partition coefficient (Wildman–Crippen LogP) is 0.335. The third-order valence-corrected chi connectivity index (χ3v) is 4.07. The highest BCUT2D eigenvalue weighted by Crippen LogP contribution is 2.44. The smallest absolute Gasteiger partial charge is 0.289 e. The van der Waals surface area contributed by atoms with Crippen molar-refractivity contribution in [1.29, 1.82) is 0 Å². The molecule has 0 aromatic carbocycles. The maximum absolute atomic E-state index is 12.0. The summed E-state index contributed by atoms with van der Waals surface area (Å²) in [6.07, 6.45) is 3.53. The van der Waals surface area contributed by atoms with E-state index in [2.05, 4.69) is 0 Å². The highest BCUT2D eigenvalue weighted by molar-refractivity contribution is 5.94. The lowest BCUT2D eigenvalue weighted by Crippen LogP contribution is -2.65. The Morgan fingerprint density at radius 2 is 2.20 bits per heavy atom. The van der Waals surface area contributed by atoms with Gasteiger partial charge in [0.1, 0.15) is 5.60 Å². The fourth-order valence-corrected chi connectivity index (χ4v) is 2.63. The average Bonchev–Trinajstić information content (AvgIpc) is 3.09. The van der Waals surface area contributed by atoms with E-state index in [0.717, 1.165) is 12.8 Å². The van der Waals surface area contributed by atoms with Gasteiger partial charge in [-0.2, -0.15) is 0 Å². The fourth-order valence-electron chi connectivity index (χ4n) is 2.63. The van der Waals surface area contributed by atoms with E-state index in [9.17, 15) is 14.7 Å². The van der Waals surface area contributed by atoms with Gasteiger partial charge in [0, 0.05) is 7.05 Å². The van der Waals surface area contributed by atoms with Crippen molar-refractivity contribution in [2.75, 3.05) is 26.7 Å². The van der Waals surface area contributed by atoms with Crippen molar-refractivity contribution in [3.05, 3.63) is 24.2 Å². The Hall–Kier alpha value is -1.82. The van der Waals surface area contributed by atoms with Crippen LogP contribution in [0.1, 0.15) is 23.4 Å². The Balaban J connectivity index is 1.51. The van der Waals surface area contributed by atoms with Crippen molar-refractivity contribution < 1.29 is 19.1 Å². The second kappa shape index (κ2) is 4.63. The number of likely N-dealkylation sites (tertiary alicyclic amines) is 1. The first kappa shape index (κ1) is 13.2. The first-order chi connectivity index (χ1) is 9.49. The summed E-state index contributed by atoms with van der Waals surface area (Å²) in [7, 11) is 1.57. The van der Waals surface area contributed by atoms with Gasteiger partial charge in [-0.15, -0.1) is 0 Å². The summed E-state index contributed by atoms with van der Waals surface area (Å²) < 4.78 is 5.02. The van der Waals surface area contributed by atoms with Gasteiger partial charge in [0.25, 0.3) is 5.91 Å². The standard InChI is InChI=1S/C14H18N2O4/c1-15(13(18)11-3-2-6-20-11)7-12(17)16-8-14(19,9-16)10-4-5-10/h2-3,6,10,19H,4-5,7-9H2,1H3. The summed E-state index contributed by atoms with van der Waals surface area (Å²) in [4.78, 5) is 26.9. The lowest BCUT2D eigenvalue weighted by atomic mass is 9.88. The van der Waals surface area contributed by atoms with E-state index in [0.29, 0.717) is 19.0 Å². The number of β-amino-alcohol motifs (C(OH)–C–C–N with tert-alkyl or cyclic N) is 1. The molecule has 20 heavy (non-hydrogen) atoms. The van der Waals surface area contributed by atoms with Crippen LogP contribution in [0.2, 0.25) is 0 Å². The summed E-state index contributed by atoms with van der Waals surface area (Å²) in [6.45, 7) is 0.777. The Kier molecular flexibility index (Phi) is 3.05. The Bertz CT molecular complexity index is 515. The molecule has 0 bridgehead atoms. The van der Waals surface area contributed by atoms with Gasteiger partial charge in [0.2, 0.25) is 5.91 Å². The van der Waals surface area contributed by atoms with E-state index in [1.54, 1.807) is 24.1 Å². The maximum atomic E-state index is 12.0. The number of likely N-dealkylation sites (N-methyl/N-ethyl adjacent to an activating group) is 1. The molecule has 0 radical (unpaired) electrons. The van der Waals surface area contributed by atoms with Crippen molar-refractivity contribution in [2.45, 2.75) is 18.4 Å². The first-order valence-corrected chi connectivity index (χ1v) is 6.79. The number of hydrogen-bond acceptors (Lipinski definition) is 4. The Morgan fingerprint density at radius 3 is 2.75 bits per heavy atom. The number of furan rings is 1. The molecule has 2 fully saturated rings. The minimum absolute atomic E-state index is 0.000278. The number of rotatable bonds is 4. The summed E-state index contributed by atoms with van der Waals surface area (Å²) >= 11 is 0. The van der Waals surface area contributed by atoms with Gasteiger partial charge in [-0.3, -0.25) is 9.59 Å². The molecule has 108 valence electrons. The normalized spacial score (nSPS) is 20.4. The van der Waals surface area contributed by atoms with Crippen molar-refractivity contribution >= 4 is 11.8 Å². The quantitative estimate of drug-likeness (QED) is 0.861. The zero-order valence-electron chi connectivity index (χ0n) is 11.4. The summed E-state index contributed by atoms with van der Waals surface area (Å²) in [5.41, 5.74) is -0.681. The van der Waals surface area contributed by atoms with Crippen LogP contribution in [0.5, 0.6) is 0 Å². The van der Waals surface area contributed by atoms with E-state index >= 15 is 0 Å². The van der Waals surface area contributed by atoms with Crippen LogP contribution in [-0.2, 0) is 4.79 Å². The van der Waals surface area contributed by atoms with Crippen LogP contribution in [0.15, 0.2) is 22.8 Å². The Morgan fingerprint density at radius 1 is 1.50 bits per heavy atom. The lowest BCUT2D eigenvalue weighted by Gasteiger charge is -2.47. The number of hydrogen-bond donors (Lipinski definition) is 1. The van der Waals surface area contributed by atoms with Crippen LogP contribution in [0.25, 0.3) is 0 Å². The first-order valence-electron chi connectivity index (χ1n) is 6.79. The predicted molar refractivity (Wildman–Crippen MR) is 69.9 cm³/mol. The van der Waals surface area contributed by atoms with Gasteiger partial charge >= 0.3 is 0 Å². The van der Waals surface area contributed by atoms with Crippen LogP contribution < -0.4 is 0 Å². The van der Waals surface area contributed by atoms with Gasteiger partial charge in [0.15, 0.2) is 5.76 Å². The number of carbonyl (C=O) groups is 2. The van der Waals surface area contributed by atoms with Crippen LogP contribution in [0.4, 0.5) is 0 Å². The number of amides is 2. The molecule has 1 N–H and O–H groups in total. The monoisotopic (exact) mass is 278 g/mol. The van der Waals surface area contributed by atoms with E-state index in [1.807, 2.05) is 0 Å². The van der Waals surface area contributed by atoms with E-state index in [-0.39, 0.29) is 24.1 Å². The lowest BCUT2D eigenvalue weighted by molar-refractivity contribution is -0.159. The molecule has 1 aliphatic heterocycles. The van der Waals surface area contributed by atoms with Crippen LogP contribution in [0, 0.1) is 5.92 Å². The molecule has 0 atom stereocenters. The van der Waals surface area contributed by atoms with E-state index in [4.69, 9.17) is 4.42 Å². The molecule has 3 rings (SSSR count). The number of carbonyl (C=O) groups excluding carboxylic acids is 2. The molecule has 0 unspecified atom stereocenters. The van der Waals surface area contributed by atoms with Gasteiger partial charge < -0.3 is 19.3 Å². The van der Waals surface area contributed by atoms with Crippen molar-refractivity contribution in [1.82, 2.24) is 9.80 Å². The van der Waals surface area contributed by atoms with Gasteiger partial charge in [-0.05, 0) is 30.9 Å². The molecule has 1 saturated heterocycles. The third kappa shape index (κ3) is 2.31. The second-order valence-electron chi connectivity index (χ2n) is 5.77. The zero-order valence-corrected chi connectivity index (χ0v) is 11.4. The van der Waals surface area contributed by atoms with Crippen molar-refractivity contribution in [3.63, 3.8) is 0 Å². The molecule has 1 aromatic rings. The van der Waals surface area contributed by atoms with Gasteiger partial charge in [-0.1, -0.05) is 0 Å². The summed E-state index contributed by atoms with van der Waals surface area (Å²) in [5.74, 6) is 0.117. The molecular formula is C14H18N2O4. The van der Waals surface area contributed by atoms with Crippen LogP contribution in [-0.4, -0.2) is 59.0 Å². The molecule has 1 saturated carbocycles. The van der Waals surface area contributed by atoms with Crippen molar-refractivity contribution in [2.24, 2.45) is 5.92 Å². The topological polar surface area (TPSA) is 74.0 Å². The van der Waals surface area contributed by atoms with Gasteiger partial charge in [0.05, 0.1) is 25.9 Å². The molecule has 1 aromatic heterocycles. The van der Waals surface area contributed by atoms with E-state index < -0.39 is 5.60 Å². The Labute approximate surface area is 117 Å². The molecular weight excluding hydrogens is 260 g/mol. The van der Waals surface area contributed by atoms with Crippen molar-refractivity contribution in [3.8, 4) is 0 Å². The van der Waals surface area contributed by atoms with Crippen LogP contribution >= 0.6 is 0 Å². The molecule has 2 heterocycles. The number of aliphatic hydroxyl groups is 1. The molecule has 2 amide bonds. The third-order valence-electron chi connectivity index (χ3n) is 4.07. The molecule has 2 aliphatic rings. The molecule has 1 aliphatic carbocycles.